The Morgan fingerprint density at radius 2 is 1.71 bits per heavy atom. The highest BCUT2D eigenvalue weighted by Gasteiger charge is 2.34. The molecule has 0 fully saturated rings. The van der Waals surface area contributed by atoms with Gasteiger partial charge in [0.25, 0.3) is 11.8 Å². The molecule has 0 spiro atoms. The van der Waals surface area contributed by atoms with Gasteiger partial charge in [-0.05, 0) is 48.2 Å². The predicted molar refractivity (Wildman–Crippen MR) is 117 cm³/mol. The second kappa shape index (κ2) is 10.1. The zero-order valence-electron chi connectivity index (χ0n) is 18.2. The maximum absolute atomic E-state index is 12.9. The van der Waals surface area contributed by atoms with Gasteiger partial charge >= 0.3 is 0 Å². The van der Waals surface area contributed by atoms with Crippen LogP contribution in [0.4, 0.5) is 0 Å². The van der Waals surface area contributed by atoms with Gasteiger partial charge in [-0.1, -0.05) is 38.1 Å². The highest BCUT2D eigenvalue weighted by atomic mass is 16.5. The normalized spacial score (nSPS) is 15.2. The summed E-state index contributed by atoms with van der Waals surface area (Å²) in [5.74, 6) is -0.0583. The molecule has 0 radical (unpaired) electrons. The van der Waals surface area contributed by atoms with Gasteiger partial charge in [0.2, 0.25) is 5.91 Å². The van der Waals surface area contributed by atoms with E-state index >= 15 is 0 Å². The average molecular weight is 424 g/mol. The van der Waals surface area contributed by atoms with E-state index in [0.29, 0.717) is 37.3 Å². The van der Waals surface area contributed by atoms with Crippen LogP contribution in [0, 0.1) is 5.92 Å². The van der Waals surface area contributed by atoms with Crippen molar-refractivity contribution in [2.75, 3.05) is 6.61 Å². The van der Waals surface area contributed by atoms with Gasteiger partial charge in [-0.2, -0.15) is 0 Å². The van der Waals surface area contributed by atoms with Crippen molar-refractivity contribution in [3.63, 3.8) is 0 Å². The molecule has 2 aromatic carbocycles. The minimum Gasteiger partial charge on any atom is -0.494 e. The third kappa shape index (κ3) is 5.63. The van der Waals surface area contributed by atoms with Crippen molar-refractivity contribution in [1.29, 1.82) is 0 Å². The fourth-order valence-corrected chi connectivity index (χ4v) is 3.63. The molecule has 1 atom stereocenters. The fraction of sp³-hybridized carbons (Fsp3) is 0.375. The molecule has 1 heterocycles. The second-order valence-corrected chi connectivity index (χ2v) is 8.01. The standard InChI is InChI=1S/C24H29N3O4/c1-4-31-20-11-9-17(10-12-20)23(29)25-26-24(30)21-14-18-7-5-6-8-19(18)15-27(21)22(28)13-16(2)3/h5-12,16,21H,4,13-15H2,1-3H3,(H,25,29)(H,26,30). The van der Waals surface area contributed by atoms with Crippen LogP contribution in [0.1, 0.15) is 48.7 Å². The molecule has 1 aliphatic rings. The summed E-state index contributed by atoms with van der Waals surface area (Å²) in [6.07, 6.45) is 0.773. The van der Waals surface area contributed by atoms with E-state index in [0.717, 1.165) is 11.1 Å². The van der Waals surface area contributed by atoms with E-state index in [2.05, 4.69) is 10.9 Å². The van der Waals surface area contributed by atoms with E-state index in [-0.39, 0.29) is 11.8 Å². The quantitative estimate of drug-likeness (QED) is 0.700. The third-order valence-electron chi connectivity index (χ3n) is 5.18. The molecule has 2 N–H and O–H groups in total. The fourth-order valence-electron chi connectivity index (χ4n) is 3.63. The number of rotatable bonds is 6. The smallest absolute Gasteiger partial charge is 0.269 e. The van der Waals surface area contributed by atoms with Gasteiger partial charge in [-0.15, -0.1) is 0 Å². The lowest BCUT2D eigenvalue weighted by Crippen LogP contribution is -2.56. The van der Waals surface area contributed by atoms with Crippen LogP contribution in [0.2, 0.25) is 0 Å². The molecule has 7 nitrogen and oxygen atoms in total. The molecule has 2 aromatic rings. The first-order chi connectivity index (χ1) is 14.9. The molecule has 1 unspecified atom stereocenters. The summed E-state index contributed by atoms with van der Waals surface area (Å²) in [5.41, 5.74) is 7.42. The van der Waals surface area contributed by atoms with E-state index in [9.17, 15) is 14.4 Å². The Hall–Kier alpha value is -3.35. The van der Waals surface area contributed by atoms with Crippen LogP contribution in [0.15, 0.2) is 48.5 Å². The number of hydrogen-bond donors (Lipinski definition) is 2. The van der Waals surface area contributed by atoms with Crippen LogP contribution in [-0.2, 0) is 22.6 Å². The second-order valence-electron chi connectivity index (χ2n) is 8.01. The lowest BCUT2D eigenvalue weighted by molar-refractivity contribution is -0.142. The number of fused-ring (bicyclic) bond motifs is 1. The van der Waals surface area contributed by atoms with E-state index in [4.69, 9.17) is 4.74 Å². The zero-order valence-corrected chi connectivity index (χ0v) is 18.2. The minimum absolute atomic E-state index is 0.0671. The van der Waals surface area contributed by atoms with Gasteiger partial charge in [-0.3, -0.25) is 25.2 Å². The largest absolute Gasteiger partial charge is 0.494 e. The SMILES string of the molecule is CCOc1ccc(C(=O)NNC(=O)C2Cc3ccccc3CN2C(=O)CC(C)C)cc1. The number of ether oxygens (including phenoxy) is 1. The van der Waals surface area contributed by atoms with Crippen molar-refractivity contribution in [1.82, 2.24) is 15.8 Å². The number of amides is 3. The molecular weight excluding hydrogens is 394 g/mol. The van der Waals surface area contributed by atoms with Gasteiger partial charge < -0.3 is 9.64 Å². The van der Waals surface area contributed by atoms with Crippen molar-refractivity contribution >= 4 is 17.7 Å². The molecule has 0 aliphatic carbocycles. The van der Waals surface area contributed by atoms with Crippen LogP contribution < -0.4 is 15.6 Å². The summed E-state index contributed by atoms with van der Waals surface area (Å²) >= 11 is 0. The first-order valence-corrected chi connectivity index (χ1v) is 10.6. The van der Waals surface area contributed by atoms with Crippen LogP contribution >= 0.6 is 0 Å². The Morgan fingerprint density at radius 3 is 2.35 bits per heavy atom. The summed E-state index contributed by atoms with van der Waals surface area (Å²) < 4.78 is 5.37. The van der Waals surface area contributed by atoms with E-state index < -0.39 is 17.9 Å². The van der Waals surface area contributed by atoms with Crippen LogP contribution in [0.25, 0.3) is 0 Å². The summed E-state index contributed by atoms with van der Waals surface area (Å²) in [6, 6.07) is 13.8. The maximum atomic E-state index is 12.9. The number of nitrogens with one attached hydrogen (secondary N) is 2. The molecule has 1 aliphatic heterocycles. The van der Waals surface area contributed by atoms with Crippen LogP contribution in [0.5, 0.6) is 5.75 Å². The van der Waals surface area contributed by atoms with Crippen molar-refractivity contribution in [2.24, 2.45) is 5.92 Å². The number of nitrogens with zero attached hydrogens (tertiary/aromatic N) is 1. The summed E-state index contributed by atoms with van der Waals surface area (Å²) in [4.78, 5) is 39.8. The minimum atomic E-state index is -0.679. The Bertz CT molecular complexity index is 940. The molecule has 164 valence electrons. The predicted octanol–water partition coefficient (Wildman–Crippen LogP) is 2.85. The van der Waals surface area contributed by atoms with Crippen molar-refractivity contribution < 1.29 is 19.1 Å². The summed E-state index contributed by atoms with van der Waals surface area (Å²) in [7, 11) is 0. The molecule has 7 heteroatoms. The highest BCUT2D eigenvalue weighted by molar-refractivity contribution is 5.96. The Labute approximate surface area is 182 Å². The van der Waals surface area contributed by atoms with Crippen LogP contribution in [0.3, 0.4) is 0 Å². The Balaban J connectivity index is 1.68. The van der Waals surface area contributed by atoms with Crippen LogP contribution in [-0.4, -0.2) is 35.3 Å². The lowest BCUT2D eigenvalue weighted by atomic mass is 9.92. The number of benzene rings is 2. The zero-order chi connectivity index (χ0) is 22.4. The van der Waals surface area contributed by atoms with Gasteiger partial charge in [-0.25, -0.2) is 0 Å². The molecule has 0 aromatic heterocycles. The molecule has 0 bridgehead atoms. The number of hydrogen-bond acceptors (Lipinski definition) is 4. The molecule has 0 saturated heterocycles. The first-order valence-electron chi connectivity index (χ1n) is 10.6. The summed E-state index contributed by atoms with van der Waals surface area (Å²) in [6.45, 7) is 6.75. The highest BCUT2D eigenvalue weighted by Crippen LogP contribution is 2.25. The van der Waals surface area contributed by atoms with Crippen molar-refractivity contribution in [3.8, 4) is 5.75 Å². The molecule has 31 heavy (non-hydrogen) atoms. The third-order valence-corrected chi connectivity index (χ3v) is 5.18. The van der Waals surface area contributed by atoms with Crippen molar-refractivity contribution in [3.05, 3.63) is 65.2 Å². The van der Waals surface area contributed by atoms with Gasteiger partial charge in [0.05, 0.1) is 6.61 Å². The maximum Gasteiger partial charge on any atom is 0.269 e. The van der Waals surface area contributed by atoms with Gasteiger partial charge in [0.1, 0.15) is 11.8 Å². The molecule has 3 amide bonds. The number of carbonyl (C=O) groups excluding carboxylic acids is 3. The average Bonchev–Trinajstić information content (AvgIpc) is 2.76. The van der Waals surface area contributed by atoms with Crippen molar-refractivity contribution in [2.45, 2.75) is 46.2 Å². The molecule has 3 rings (SSSR count). The Kier molecular flexibility index (Phi) is 7.28. The topological polar surface area (TPSA) is 87.7 Å². The van der Waals surface area contributed by atoms with E-state index in [1.54, 1.807) is 29.2 Å². The van der Waals surface area contributed by atoms with E-state index in [1.165, 1.54) is 0 Å². The molecule has 0 saturated carbocycles. The van der Waals surface area contributed by atoms with Gasteiger partial charge in [0, 0.05) is 24.9 Å². The Morgan fingerprint density at radius 1 is 1.03 bits per heavy atom. The summed E-state index contributed by atoms with van der Waals surface area (Å²) in [5, 5.41) is 0. The number of carbonyl (C=O) groups is 3. The monoisotopic (exact) mass is 423 g/mol. The number of hydrazine groups is 1. The first kappa shape index (κ1) is 22.3. The lowest BCUT2D eigenvalue weighted by Gasteiger charge is -2.36. The van der Waals surface area contributed by atoms with Gasteiger partial charge in [0.15, 0.2) is 0 Å². The van der Waals surface area contributed by atoms with E-state index in [1.807, 2.05) is 45.0 Å². The molecular formula is C24H29N3O4.